The molecule has 0 bridgehead atoms. The van der Waals surface area contributed by atoms with Crippen LogP contribution in [0.15, 0.2) is 48.5 Å². The number of aromatic nitrogens is 2. The number of para-hydroxylation sites is 1. The molecule has 1 heterocycles. The van der Waals surface area contributed by atoms with E-state index in [0.717, 1.165) is 29.1 Å². The third-order valence-electron chi connectivity index (χ3n) is 3.68. The average molecular weight is 356 g/mol. The van der Waals surface area contributed by atoms with Gasteiger partial charge in [0.15, 0.2) is 11.6 Å². The predicted octanol–water partition coefficient (Wildman–Crippen LogP) is 4.43. The fraction of sp³-hybridized carbons (Fsp3) is 0.158. The Balaban J connectivity index is 1.76. The molecule has 5 nitrogen and oxygen atoms in total. The molecule has 0 spiro atoms. The minimum Gasteiger partial charge on any atom is -0.496 e. The minimum absolute atomic E-state index is 0.290. The second-order valence-electron chi connectivity index (χ2n) is 5.64. The summed E-state index contributed by atoms with van der Waals surface area (Å²) in [5, 5.41) is 6.10. The normalized spacial score (nSPS) is 10.5. The smallest absolute Gasteiger partial charge is 0.229 e. The number of hydrogen-bond donors (Lipinski definition) is 2. The Kier molecular flexibility index (Phi) is 5.26. The fourth-order valence-corrected chi connectivity index (χ4v) is 2.45. The lowest BCUT2D eigenvalue weighted by atomic mass is 10.2. The van der Waals surface area contributed by atoms with Crippen LogP contribution in [0.3, 0.4) is 0 Å². The van der Waals surface area contributed by atoms with Crippen LogP contribution in [0.1, 0.15) is 11.3 Å². The lowest BCUT2D eigenvalue weighted by molar-refractivity contribution is 0.410. The summed E-state index contributed by atoms with van der Waals surface area (Å²) in [6.07, 6.45) is 0. The summed E-state index contributed by atoms with van der Waals surface area (Å²) >= 11 is 0. The predicted molar refractivity (Wildman–Crippen MR) is 96.7 cm³/mol. The molecule has 3 rings (SSSR count). The van der Waals surface area contributed by atoms with E-state index in [4.69, 9.17) is 4.74 Å². The van der Waals surface area contributed by atoms with Crippen LogP contribution in [0.5, 0.6) is 5.75 Å². The highest BCUT2D eigenvalue weighted by Gasteiger charge is 2.07. The van der Waals surface area contributed by atoms with E-state index in [0.29, 0.717) is 24.0 Å². The van der Waals surface area contributed by atoms with E-state index in [-0.39, 0.29) is 0 Å². The average Bonchev–Trinajstić information content (AvgIpc) is 2.63. The maximum absolute atomic E-state index is 13.3. The van der Waals surface area contributed by atoms with Crippen LogP contribution in [0.4, 0.5) is 26.2 Å². The third-order valence-corrected chi connectivity index (χ3v) is 3.68. The Bertz CT molecular complexity index is 918. The van der Waals surface area contributed by atoms with Crippen molar-refractivity contribution in [1.82, 2.24) is 9.97 Å². The second kappa shape index (κ2) is 7.77. The Hall–Kier alpha value is -3.22. The van der Waals surface area contributed by atoms with Crippen molar-refractivity contribution in [2.75, 3.05) is 17.7 Å². The molecule has 0 unspecified atom stereocenters. The van der Waals surface area contributed by atoms with Gasteiger partial charge in [-0.15, -0.1) is 0 Å². The molecule has 0 aliphatic carbocycles. The Morgan fingerprint density at radius 3 is 2.58 bits per heavy atom. The molecule has 0 amide bonds. The maximum Gasteiger partial charge on any atom is 0.229 e. The molecule has 0 atom stereocenters. The standard InChI is InChI=1S/C19H18F2N4O/c1-12-9-18(22-11-13-5-3-4-6-17(13)26-2)25-19(23-12)24-14-7-8-15(20)16(21)10-14/h3-10H,11H2,1-2H3,(H2,22,23,24,25). The number of anilines is 3. The third kappa shape index (κ3) is 4.24. The summed E-state index contributed by atoms with van der Waals surface area (Å²) in [6, 6.07) is 13.0. The summed E-state index contributed by atoms with van der Waals surface area (Å²) < 4.78 is 31.7. The van der Waals surface area contributed by atoms with E-state index in [1.165, 1.54) is 6.07 Å². The number of aryl methyl sites for hydroxylation is 1. The first kappa shape index (κ1) is 17.6. The van der Waals surface area contributed by atoms with Gasteiger partial charge in [-0.2, -0.15) is 4.98 Å². The van der Waals surface area contributed by atoms with Gasteiger partial charge in [-0.3, -0.25) is 0 Å². The first-order valence-corrected chi connectivity index (χ1v) is 7.98. The number of rotatable bonds is 6. The number of halogens is 2. The zero-order valence-electron chi connectivity index (χ0n) is 14.4. The Labute approximate surface area is 150 Å². The molecule has 0 saturated heterocycles. The van der Waals surface area contributed by atoms with Gasteiger partial charge in [0.1, 0.15) is 11.6 Å². The lowest BCUT2D eigenvalue weighted by Crippen LogP contribution is -2.06. The molecule has 26 heavy (non-hydrogen) atoms. The van der Waals surface area contributed by atoms with E-state index in [1.54, 1.807) is 13.2 Å². The van der Waals surface area contributed by atoms with Crippen LogP contribution in [-0.2, 0) is 6.54 Å². The fourth-order valence-electron chi connectivity index (χ4n) is 2.45. The SMILES string of the molecule is COc1ccccc1CNc1cc(C)nc(Nc2ccc(F)c(F)c2)n1. The molecule has 0 saturated carbocycles. The summed E-state index contributed by atoms with van der Waals surface area (Å²) in [5.41, 5.74) is 2.08. The summed E-state index contributed by atoms with van der Waals surface area (Å²) in [4.78, 5) is 8.63. The van der Waals surface area contributed by atoms with E-state index >= 15 is 0 Å². The largest absolute Gasteiger partial charge is 0.496 e. The summed E-state index contributed by atoms with van der Waals surface area (Å²) in [5.74, 6) is -0.157. The van der Waals surface area contributed by atoms with Crippen LogP contribution in [0.25, 0.3) is 0 Å². The van der Waals surface area contributed by atoms with Crippen LogP contribution in [-0.4, -0.2) is 17.1 Å². The van der Waals surface area contributed by atoms with Crippen molar-refractivity contribution >= 4 is 17.5 Å². The molecule has 0 fully saturated rings. The van der Waals surface area contributed by atoms with Gasteiger partial charge in [-0.25, -0.2) is 13.8 Å². The van der Waals surface area contributed by atoms with Crippen molar-refractivity contribution in [3.05, 3.63) is 71.4 Å². The highest BCUT2D eigenvalue weighted by Crippen LogP contribution is 2.21. The Morgan fingerprint density at radius 1 is 1.00 bits per heavy atom. The van der Waals surface area contributed by atoms with Crippen molar-refractivity contribution in [3.8, 4) is 5.75 Å². The molecule has 3 aromatic rings. The number of hydrogen-bond acceptors (Lipinski definition) is 5. The van der Waals surface area contributed by atoms with Crippen molar-refractivity contribution in [2.45, 2.75) is 13.5 Å². The highest BCUT2D eigenvalue weighted by molar-refractivity contribution is 5.55. The topological polar surface area (TPSA) is 59.1 Å². The van der Waals surface area contributed by atoms with E-state index in [9.17, 15) is 8.78 Å². The maximum atomic E-state index is 13.3. The zero-order chi connectivity index (χ0) is 18.5. The number of ether oxygens (including phenoxy) is 1. The molecule has 0 aliphatic heterocycles. The molecule has 0 radical (unpaired) electrons. The van der Waals surface area contributed by atoms with Crippen molar-refractivity contribution in [3.63, 3.8) is 0 Å². The molecular formula is C19H18F2N4O. The number of nitrogens with zero attached hydrogens (tertiary/aromatic N) is 2. The summed E-state index contributed by atoms with van der Waals surface area (Å²) in [6.45, 7) is 2.34. The minimum atomic E-state index is -0.933. The van der Waals surface area contributed by atoms with Crippen molar-refractivity contribution in [2.24, 2.45) is 0 Å². The number of methoxy groups -OCH3 is 1. The molecule has 134 valence electrons. The molecule has 2 N–H and O–H groups in total. The highest BCUT2D eigenvalue weighted by atomic mass is 19.2. The summed E-state index contributed by atoms with van der Waals surface area (Å²) in [7, 11) is 1.62. The van der Waals surface area contributed by atoms with E-state index in [2.05, 4.69) is 20.6 Å². The second-order valence-corrected chi connectivity index (χ2v) is 5.64. The van der Waals surface area contributed by atoms with Crippen molar-refractivity contribution in [1.29, 1.82) is 0 Å². The van der Waals surface area contributed by atoms with Crippen molar-refractivity contribution < 1.29 is 13.5 Å². The van der Waals surface area contributed by atoms with Gasteiger partial charge in [-0.1, -0.05) is 18.2 Å². The van der Waals surface area contributed by atoms with Crippen LogP contribution in [0, 0.1) is 18.6 Å². The zero-order valence-corrected chi connectivity index (χ0v) is 14.4. The van der Waals surface area contributed by atoms with Gasteiger partial charge in [0.25, 0.3) is 0 Å². The van der Waals surface area contributed by atoms with Gasteiger partial charge in [0.2, 0.25) is 5.95 Å². The Morgan fingerprint density at radius 2 is 1.81 bits per heavy atom. The molecule has 2 aromatic carbocycles. The van der Waals surface area contributed by atoms with Gasteiger partial charge in [0, 0.05) is 35.6 Å². The van der Waals surface area contributed by atoms with E-state index in [1.807, 2.05) is 31.2 Å². The van der Waals surface area contributed by atoms with Gasteiger partial charge in [0.05, 0.1) is 7.11 Å². The molecule has 0 aliphatic rings. The van der Waals surface area contributed by atoms with E-state index < -0.39 is 11.6 Å². The first-order chi connectivity index (χ1) is 12.5. The number of benzene rings is 2. The molecular weight excluding hydrogens is 338 g/mol. The van der Waals surface area contributed by atoms with Crippen LogP contribution >= 0.6 is 0 Å². The lowest BCUT2D eigenvalue weighted by Gasteiger charge is -2.12. The number of nitrogens with one attached hydrogen (secondary N) is 2. The quantitative estimate of drug-likeness (QED) is 0.684. The molecule has 7 heteroatoms. The van der Waals surface area contributed by atoms with Gasteiger partial charge >= 0.3 is 0 Å². The molecule has 1 aromatic heterocycles. The van der Waals surface area contributed by atoms with Crippen LogP contribution in [0.2, 0.25) is 0 Å². The monoisotopic (exact) mass is 356 g/mol. The van der Waals surface area contributed by atoms with Gasteiger partial charge < -0.3 is 15.4 Å². The van der Waals surface area contributed by atoms with Crippen LogP contribution < -0.4 is 15.4 Å². The van der Waals surface area contributed by atoms with Gasteiger partial charge in [-0.05, 0) is 25.1 Å². The first-order valence-electron chi connectivity index (χ1n) is 7.98.